The highest BCUT2D eigenvalue weighted by atomic mass is 16.6. The first-order valence-corrected chi connectivity index (χ1v) is 9.34. The van der Waals surface area contributed by atoms with Gasteiger partial charge in [0.05, 0.1) is 0 Å². The Balaban J connectivity index is 2.11. The number of nitrogens with one attached hydrogen (secondary N) is 2. The smallest absolute Gasteiger partial charge is 0.408 e. The monoisotopic (exact) mass is 392 g/mol. The molecule has 1 aliphatic rings. The van der Waals surface area contributed by atoms with Gasteiger partial charge in [-0.15, -0.1) is 0 Å². The molecule has 0 saturated heterocycles. The number of carbonyl (C=O) groups excluding carboxylic acids is 2. The normalized spacial score (nSPS) is 16.8. The fourth-order valence-electron chi connectivity index (χ4n) is 3.25. The Labute approximate surface area is 164 Å². The highest BCUT2D eigenvalue weighted by molar-refractivity contribution is 5.93. The fourth-order valence-corrected chi connectivity index (χ4v) is 3.25. The van der Waals surface area contributed by atoms with Gasteiger partial charge in [-0.05, 0) is 51.3 Å². The number of amides is 2. The zero-order valence-electron chi connectivity index (χ0n) is 16.4. The standard InChI is InChI=1S/C20H28N2O6/c1-19(2,3)28-18(27)22-20(10-4-5-11-20)17(26)21-15(16(24)25)12-13-6-8-14(23)9-7-13/h6-9,15,23H,4-5,10-12H2,1-3H3,(H,21,26)(H,22,27)(H,24,25). The lowest BCUT2D eigenvalue weighted by Gasteiger charge is -2.31. The number of carbonyl (C=O) groups is 3. The summed E-state index contributed by atoms with van der Waals surface area (Å²) in [6.45, 7) is 5.18. The Kier molecular flexibility index (Phi) is 6.53. The van der Waals surface area contributed by atoms with Crippen LogP contribution in [0, 0.1) is 0 Å². The van der Waals surface area contributed by atoms with Crippen LogP contribution in [0.2, 0.25) is 0 Å². The van der Waals surface area contributed by atoms with E-state index in [9.17, 15) is 24.6 Å². The van der Waals surface area contributed by atoms with Gasteiger partial charge in [-0.25, -0.2) is 9.59 Å². The largest absolute Gasteiger partial charge is 0.508 e. The van der Waals surface area contributed by atoms with Crippen LogP contribution in [0.1, 0.15) is 52.0 Å². The van der Waals surface area contributed by atoms with Crippen LogP contribution in [-0.4, -0.2) is 45.4 Å². The topological polar surface area (TPSA) is 125 Å². The van der Waals surface area contributed by atoms with Crippen molar-refractivity contribution in [3.63, 3.8) is 0 Å². The van der Waals surface area contributed by atoms with Crippen LogP contribution in [0.4, 0.5) is 4.79 Å². The Morgan fingerprint density at radius 2 is 1.71 bits per heavy atom. The number of ether oxygens (including phenoxy) is 1. The van der Waals surface area contributed by atoms with Gasteiger partial charge in [0.2, 0.25) is 5.91 Å². The fraction of sp³-hybridized carbons (Fsp3) is 0.550. The molecule has 0 aromatic heterocycles. The number of carboxylic acids is 1. The molecule has 0 radical (unpaired) electrons. The molecule has 1 unspecified atom stereocenters. The summed E-state index contributed by atoms with van der Waals surface area (Å²) in [6.07, 6.45) is 1.70. The number of benzene rings is 1. The van der Waals surface area contributed by atoms with Gasteiger partial charge in [0.25, 0.3) is 0 Å². The summed E-state index contributed by atoms with van der Waals surface area (Å²) < 4.78 is 5.26. The van der Waals surface area contributed by atoms with Gasteiger partial charge in [0.1, 0.15) is 22.9 Å². The van der Waals surface area contributed by atoms with E-state index >= 15 is 0 Å². The van der Waals surface area contributed by atoms with Gasteiger partial charge in [-0.3, -0.25) is 4.79 Å². The molecule has 0 bridgehead atoms. The quantitative estimate of drug-likeness (QED) is 0.589. The summed E-state index contributed by atoms with van der Waals surface area (Å²) >= 11 is 0. The highest BCUT2D eigenvalue weighted by Crippen LogP contribution is 2.30. The number of phenolic OH excluding ortho intramolecular Hbond substituents is 1. The average molecular weight is 392 g/mol. The van der Waals surface area contributed by atoms with Crippen molar-refractivity contribution in [3.05, 3.63) is 29.8 Å². The Morgan fingerprint density at radius 3 is 2.21 bits per heavy atom. The van der Waals surface area contributed by atoms with Crippen LogP contribution in [0.5, 0.6) is 5.75 Å². The van der Waals surface area contributed by atoms with Crippen molar-refractivity contribution in [1.82, 2.24) is 10.6 Å². The van der Waals surface area contributed by atoms with Gasteiger partial charge in [0.15, 0.2) is 0 Å². The van der Waals surface area contributed by atoms with Crippen molar-refractivity contribution < 1.29 is 29.3 Å². The van der Waals surface area contributed by atoms with E-state index in [2.05, 4.69) is 10.6 Å². The van der Waals surface area contributed by atoms with Crippen molar-refractivity contribution in [1.29, 1.82) is 0 Å². The summed E-state index contributed by atoms with van der Waals surface area (Å²) in [7, 11) is 0. The van der Waals surface area contributed by atoms with Crippen molar-refractivity contribution in [2.45, 2.75) is 70.1 Å². The van der Waals surface area contributed by atoms with Crippen LogP contribution < -0.4 is 10.6 Å². The van der Waals surface area contributed by atoms with Gasteiger partial charge >= 0.3 is 12.1 Å². The van der Waals surface area contributed by atoms with E-state index in [1.165, 1.54) is 12.1 Å². The second-order valence-corrected chi connectivity index (χ2v) is 8.15. The zero-order chi connectivity index (χ0) is 20.9. The molecule has 1 atom stereocenters. The van der Waals surface area contributed by atoms with E-state index in [0.29, 0.717) is 18.4 Å². The lowest BCUT2D eigenvalue weighted by Crippen LogP contribution is -2.60. The minimum Gasteiger partial charge on any atom is -0.508 e. The highest BCUT2D eigenvalue weighted by Gasteiger charge is 2.44. The number of rotatable bonds is 6. The van der Waals surface area contributed by atoms with E-state index in [1.807, 2.05) is 0 Å². The molecule has 1 fully saturated rings. The van der Waals surface area contributed by atoms with Crippen LogP contribution in [0.3, 0.4) is 0 Å². The van der Waals surface area contributed by atoms with Crippen molar-refractivity contribution in [3.8, 4) is 5.75 Å². The molecule has 2 amide bonds. The van der Waals surface area contributed by atoms with Crippen molar-refractivity contribution in [2.24, 2.45) is 0 Å². The number of alkyl carbamates (subject to hydrolysis) is 1. The number of aromatic hydroxyl groups is 1. The molecular formula is C20H28N2O6. The second kappa shape index (κ2) is 8.50. The molecule has 28 heavy (non-hydrogen) atoms. The van der Waals surface area contributed by atoms with Crippen molar-refractivity contribution >= 4 is 18.0 Å². The number of hydrogen-bond acceptors (Lipinski definition) is 5. The summed E-state index contributed by atoms with van der Waals surface area (Å²) in [5.41, 5.74) is -1.22. The predicted octanol–water partition coefficient (Wildman–Crippen LogP) is 2.34. The minimum absolute atomic E-state index is 0.0594. The lowest BCUT2D eigenvalue weighted by molar-refractivity contribution is -0.142. The van der Waals surface area contributed by atoms with E-state index < -0.39 is 35.2 Å². The number of phenols is 1. The third kappa shape index (κ3) is 5.87. The Morgan fingerprint density at radius 1 is 1.14 bits per heavy atom. The number of hydrogen-bond donors (Lipinski definition) is 4. The molecule has 0 aliphatic heterocycles. The van der Waals surface area contributed by atoms with Crippen LogP contribution in [0.15, 0.2) is 24.3 Å². The van der Waals surface area contributed by atoms with Gasteiger partial charge < -0.3 is 25.6 Å². The van der Waals surface area contributed by atoms with E-state index in [0.717, 1.165) is 12.8 Å². The predicted molar refractivity (Wildman–Crippen MR) is 102 cm³/mol. The maximum absolute atomic E-state index is 12.9. The molecule has 8 heteroatoms. The molecule has 154 valence electrons. The SMILES string of the molecule is CC(C)(C)OC(=O)NC1(C(=O)NC(Cc2ccc(O)cc2)C(=O)O)CCCC1. The lowest BCUT2D eigenvalue weighted by atomic mass is 9.95. The minimum atomic E-state index is -1.18. The molecule has 1 aliphatic carbocycles. The van der Waals surface area contributed by atoms with Gasteiger partial charge in [-0.2, -0.15) is 0 Å². The molecule has 1 aromatic carbocycles. The maximum Gasteiger partial charge on any atom is 0.408 e. The average Bonchev–Trinajstić information content (AvgIpc) is 3.03. The van der Waals surface area contributed by atoms with Gasteiger partial charge in [0, 0.05) is 6.42 Å². The van der Waals surface area contributed by atoms with E-state index in [-0.39, 0.29) is 12.2 Å². The molecule has 8 nitrogen and oxygen atoms in total. The molecule has 2 rings (SSSR count). The Hall–Kier alpha value is -2.77. The van der Waals surface area contributed by atoms with E-state index in [1.54, 1.807) is 32.9 Å². The molecular weight excluding hydrogens is 364 g/mol. The van der Waals surface area contributed by atoms with Crippen LogP contribution in [0.25, 0.3) is 0 Å². The molecule has 1 aromatic rings. The first-order chi connectivity index (χ1) is 13.0. The molecule has 0 spiro atoms. The summed E-state index contributed by atoms with van der Waals surface area (Å²) in [4.78, 5) is 36.8. The van der Waals surface area contributed by atoms with Gasteiger partial charge in [-0.1, -0.05) is 25.0 Å². The number of aliphatic carboxylic acids is 1. The molecule has 4 N–H and O–H groups in total. The maximum atomic E-state index is 12.9. The van der Waals surface area contributed by atoms with Crippen molar-refractivity contribution in [2.75, 3.05) is 0 Å². The summed E-state index contributed by atoms with van der Waals surface area (Å²) in [5.74, 6) is -1.62. The second-order valence-electron chi connectivity index (χ2n) is 8.15. The number of carboxylic acid groups (broad SMARTS) is 1. The van der Waals surface area contributed by atoms with Crippen LogP contribution in [-0.2, 0) is 20.7 Å². The van der Waals surface area contributed by atoms with E-state index in [4.69, 9.17) is 4.74 Å². The summed E-state index contributed by atoms with van der Waals surface area (Å²) in [6, 6.07) is 4.95. The third-order valence-electron chi connectivity index (χ3n) is 4.61. The Bertz CT molecular complexity index is 717. The first-order valence-electron chi connectivity index (χ1n) is 9.34. The first kappa shape index (κ1) is 21.5. The zero-order valence-corrected chi connectivity index (χ0v) is 16.4. The molecule has 1 saturated carbocycles. The van der Waals surface area contributed by atoms with Crippen LogP contribution >= 0.6 is 0 Å². The molecule has 0 heterocycles. The summed E-state index contributed by atoms with van der Waals surface area (Å²) in [5, 5.41) is 24.1. The third-order valence-corrected chi connectivity index (χ3v) is 4.61.